The first-order valence-electron chi connectivity index (χ1n) is 4.85. The zero-order valence-corrected chi connectivity index (χ0v) is 8.78. The molecule has 1 aromatic heterocycles. The SMILES string of the molecule is CC1=CC(C)=c2cncnc2=CC1C. The van der Waals surface area contributed by atoms with E-state index in [9.17, 15) is 0 Å². The topological polar surface area (TPSA) is 25.8 Å². The molecular weight excluding hydrogens is 172 g/mol. The Labute approximate surface area is 83.7 Å². The van der Waals surface area contributed by atoms with Crippen LogP contribution >= 0.6 is 0 Å². The maximum absolute atomic E-state index is 4.29. The summed E-state index contributed by atoms with van der Waals surface area (Å²) in [6, 6.07) is 0. The predicted octanol–water partition coefficient (Wildman–Crippen LogP) is 1.02. The Balaban J connectivity index is 2.84. The molecule has 0 aromatic carbocycles. The van der Waals surface area contributed by atoms with E-state index in [-0.39, 0.29) is 0 Å². The monoisotopic (exact) mass is 186 g/mol. The van der Waals surface area contributed by atoms with E-state index in [2.05, 4.69) is 42.9 Å². The van der Waals surface area contributed by atoms with Crippen molar-refractivity contribution in [3.8, 4) is 0 Å². The second-order valence-electron chi connectivity index (χ2n) is 3.85. The Hall–Kier alpha value is -1.44. The molecule has 0 spiro atoms. The second kappa shape index (κ2) is 3.37. The van der Waals surface area contributed by atoms with Gasteiger partial charge in [0.2, 0.25) is 0 Å². The number of hydrogen-bond acceptors (Lipinski definition) is 2. The van der Waals surface area contributed by atoms with Crippen LogP contribution in [0.5, 0.6) is 0 Å². The maximum Gasteiger partial charge on any atom is 0.116 e. The zero-order valence-electron chi connectivity index (χ0n) is 8.78. The van der Waals surface area contributed by atoms with Crippen LogP contribution in [0.15, 0.2) is 24.2 Å². The van der Waals surface area contributed by atoms with Crippen molar-refractivity contribution in [2.75, 3.05) is 0 Å². The van der Waals surface area contributed by atoms with E-state index in [1.54, 1.807) is 6.33 Å². The fourth-order valence-electron chi connectivity index (χ4n) is 1.69. The lowest BCUT2D eigenvalue weighted by Gasteiger charge is -2.03. The number of hydrogen-bond donors (Lipinski definition) is 0. The summed E-state index contributed by atoms with van der Waals surface area (Å²) in [5, 5.41) is 2.20. The van der Waals surface area contributed by atoms with E-state index in [4.69, 9.17) is 0 Å². The van der Waals surface area contributed by atoms with Crippen LogP contribution in [0, 0.1) is 5.92 Å². The highest BCUT2D eigenvalue weighted by Gasteiger charge is 2.05. The summed E-state index contributed by atoms with van der Waals surface area (Å²) in [6.07, 6.45) is 7.90. The Morgan fingerprint density at radius 3 is 2.86 bits per heavy atom. The van der Waals surface area contributed by atoms with Crippen molar-refractivity contribution in [3.63, 3.8) is 0 Å². The molecule has 2 rings (SSSR count). The fourth-order valence-corrected chi connectivity index (χ4v) is 1.69. The average molecular weight is 186 g/mol. The molecule has 0 amide bonds. The highest BCUT2D eigenvalue weighted by molar-refractivity contribution is 5.58. The van der Waals surface area contributed by atoms with Gasteiger partial charge in [-0.15, -0.1) is 0 Å². The van der Waals surface area contributed by atoms with Crippen LogP contribution < -0.4 is 10.6 Å². The summed E-state index contributed by atoms with van der Waals surface area (Å²) in [5.74, 6) is 0.459. The number of nitrogens with zero attached hydrogens (tertiary/aromatic N) is 2. The molecule has 0 saturated carbocycles. The third kappa shape index (κ3) is 1.48. The molecule has 0 bridgehead atoms. The number of aromatic nitrogens is 2. The molecule has 1 heterocycles. The highest BCUT2D eigenvalue weighted by atomic mass is 14.8. The Kier molecular flexibility index (Phi) is 2.20. The molecule has 0 radical (unpaired) electrons. The van der Waals surface area contributed by atoms with Crippen molar-refractivity contribution in [2.45, 2.75) is 20.8 Å². The third-order valence-electron chi connectivity index (χ3n) is 2.74. The summed E-state index contributed by atoms with van der Waals surface area (Å²) in [7, 11) is 0. The van der Waals surface area contributed by atoms with Crippen LogP contribution in [-0.4, -0.2) is 9.97 Å². The minimum Gasteiger partial charge on any atom is -0.244 e. The zero-order chi connectivity index (χ0) is 10.1. The van der Waals surface area contributed by atoms with Gasteiger partial charge in [-0.2, -0.15) is 0 Å². The largest absolute Gasteiger partial charge is 0.244 e. The van der Waals surface area contributed by atoms with Crippen molar-refractivity contribution in [2.24, 2.45) is 5.92 Å². The van der Waals surface area contributed by atoms with Gasteiger partial charge in [0.05, 0.1) is 5.35 Å². The molecule has 0 fully saturated rings. The number of fused-ring (bicyclic) bond motifs is 1. The average Bonchev–Trinajstić information content (AvgIpc) is 2.27. The van der Waals surface area contributed by atoms with Crippen molar-refractivity contribution >= 4 is 11.6 Å². The quantitative estimate of drug-likeness (QED) is 0.604. The van der Waals surface area contributed by atoms with E-state index in [1.807, 2.05) is 6.20 Å². The summed E-state index contributed by atoms with van der Waals surface area (Å²) in [4.78, 5) is 8.35. The standard InChI is InChI=1S/C12H14N2/c1-8-4-10(3)11-6-13-7-14-12(11)5-9(8)2/h4-7,9H,1-3H3. The fraction of sp³-hybridized carbons (Fsp3) is 0.333. The molecular formula is C12H14N2. The lowest BCUT2D eigenvalue weighted by molar-refractivity contribution is 0.906. The van der Waals surface area contributed by atoms with Gasteiger partial charge < -0.3 is 0 Å². The highest BCUT2D eigenvalue weighted by Crippen LogP contribution is 2.14. The summed E-state index contributed by atoms with van der Waals surface area (Å²) >= 11 is 0. The smallest absolute Gasteiger partial charge is 0.116 e. The van der Waals surface area contributed by atoms with Gasteiger partial charge in [0.15, 0.2) is 0 Å². The van der Waals surface area contributed by atoms with E-state index < -0.39 is 0 Å². The Morgan fingerprint density at radius 1 is 1.29 bits per heavy atom. The van der Waals surface area contributed by atoms with E-state index in [0.717, 1.165) is 10.6 Å². The third-order valence-corrected chi connectivity index (χ3v) is 2.74. The first-order valence-corrected chi connectivity index (χ1v) is 4.85. The van der Waals surface area contributed by atoms with E-state index in [1.165, 1.54) is 11.1 Å². The molecule has 1 atom stereocenters. The molecule has 1 unspecified atom stereocenters. The van der Waals surface area contributed by atoms with Crippen LogP contribution in [-0.2, 0) is 0 Å². The van der Waals surface area contributed by atoms with Crippen molar-refractivity contribution < 1.29 is 0 Å². The summed E-state index contributed by atoms with van der Waals surface area (Å²) in [5.41, 5.74) is 2.62. The van der Waals surface area contributed by atoms with Crippen molar-refractivity contribution in [1.29, 1.82) is 0 Å². The molecule has 1 aromatic rings. The summed E-state index contributed by atoms with van der Waals surface area (Å²) < 4.78 is 0. The van der Waals surface area contributed by atoms with Gasteiger partial charge in [0.25, 0.3) is 0 Å². The predicted molar refractivity (Wildman–Crippen MR) is 57.8 cm³/mol. The van der Waals surface area contributed by atoms with Gasteiger partial charge in [0, 0.05) is 11.4 Å². The molecule has 14 heavy (non-hydrogen) atoms. The lowest BCUT2D eigenvalue weighted by Crippen LogP contribution is -2.29. The van der Waals surface area contributed by atoms with Gasteiger partial charge in [-0.3, -0.25) is 0 Å². The van der Waals surface area contributed by atoms with E-state index >= 15 is 0 Å². The normalized spacial score (nSPS) is 20.6. The molecule has 2 nitrogen and oxygen atoms in total. The first kappa shape index (κ1) is 9.13. The van der Waals surface area contributed by atoms with Crippen LogP contribution in [0.25, 0.3) is 11.6 Å². The van der Waals surface area contributed by atoms with Crippen LogP contribution in [0.1, 0.15) is 20.8 Å². The first-order chi connectivity index (χ1) is 6.68. The van der Waals surface area contributed by atoms with E-state index in [0.29, 0.717) is 5.92 Å². The van der Waals surface area contributed by atoms with Gasteiger partial charge in [-0.1, -0.05) is 24.6 Å². The minimum atomic E-state index is 0.459. The number of allylic oxidation sites excluding steroid dienone is 2. The van der Waals surface area contributed by atoms with Crippen LogP contribution in [0.2, 0.25) is 0 Å². The molecule has 1 aliphatic rings. The van der Waals surface area contributed by atoms with Gasteiger partial charge in [0.1, 0.15) is 6.33 Å². The molecule has 0 aliphatic heterocycles. The molecule has 2 heteroatoms. The summed E-state index contributed by atoms with van der Waals surface area (Å²) in [6.45, 7) is 6.46. The minimum absolute atomic E-state index is 0.459. The molecule has 0 N–H and O–H groups in total. The van der Waals surface area contributed by atoms with Gasteiger partial charge >= 0.3 is 0 Å². The van der Waals surface area contributed by atoms with Crippen LogP contribution in [0.4, 0.5) is 0 Å². The van der Waals surface area contributed by atoms with Crippen molar-refractivity contribution in [1.82, 2.24) is 9.97 Å². The molecule has 1 aliphatic carbocycles. The second-order valence-corrected chi connectivity index (χ2v) is 3.85. The van der Waals surface area contributed by atoms with Gasteiger partial charge in [-0.05, 0) is 25.3 Å². The van der Waals surface area contributed by atoms with Crippen molar-refractivity contribution in [3.05, 3.63) is 34.7 Å². The Bertz CT molecular complexity index is 497. The molecule has 72 valence electrons. The molecule has 0 saturated heterocycles. The Morgan fingerprint density at radius 2 is 2.07 bits per heavy atom. The van der Waals surface area contributed by atoms with Gasteiger partial charge in [-0.25, -0.2) is 9.97 Å². The lowest BCUT2D eigenvalue weighted by atomic mass is 10.0. The van der Waals surface area contributed by atoms with Crippen LogP contribution in [0.3, 0.4) is 0 Å². The number of rotatable bonds is 0. The maximum atomic E-state index is 4.29.